The zero-order valence-electron chi connectivity index (χ0n) is 13.8. The molecule has 22 heavy (non-hydrogen) atoms. The van der Waals surface area contributed by atoms with Gasteiger partial charge in [0.2, 0.25) is 5.91 Å². The lowest BCUT2D eigenvalue weighted by atomic mass is 9.98. The Balaban J connectivity index is 1.84. The van der Waals surface area contributed by atoms with Crippen LogP contribution in [-0.4, -0.2) is 36.0 Å². The van der Waals surface area contributed by atoms with Gasteiger partial charge in [0.05, 0.1) is 6.04 Å². The minimum absolute atomic E-state index is 0.000844. The van der Waals surface area contributed by atoms with Gasteiger partial charge in [-0.1, -0.05) is 50.6 Å². The van der Waals surface area contributed by atoms with Crippen LogP contribution < -0.4 is 11.1 Å². The molecule has 1 amide bonds. The SMILES string of the molecule is CCC(C)C(N)C(=O)NC1CCCN(Cc2ccccc2)C1. The first-order valence-corrected chi connectivity index (χ1v) is 8.42. The molecule has 1 aromatic rings. The lowest BCUT2D eigenvalue weighted by Gasteiger charge is -2.34. The summed E-state index contributed by atoms with van der Waals surface area (Å²) in [4.78, 5) is 14.6. The molecule has 2 rings (SSSR count). The van der Waals surface area contributed by atoms with Gasteiger partial charge in [-0.15, -0.1) is 0 Å². The molecule has 0 spiro atoms. The summed E-state index contributed by atoms with van der Waals surface area (Å²) < 4.78 is 0. The van der Waals surface area contributed by atoms with Crippen LogP contribution in [0.4, 0.5) is 0 Å². The number of nitrogens with one attached hydrogen (secondary N) is 1. The molecule has 3 unspecified atom stereocenters. The second kappa shape index (κ2) is 8.30. The third kappa shape index (κ3) is 4.82. The molecule has 0 aliphatic carbocycles. The van der Waals surface area contributed by atoms with Gasteiger partial charge in [0, 0.05) is 19.1 Å². The fourth-order valence-electron chi connectivity index (χ4n) is 2.97. The standard InChI is InChI=1S/C18H29N3O/c1-3-14(2)17(19)18(22)20-16-10-7-11-21(13-16)12-15-8-5-4-6-9-15/h4-6,8-9,14,16-17H,3,7,10-13,19H2,1-2H3,(H,20,22). The minimum Gasteiger partial charge on any atom is -0.351 e. The highest BCUT2D eigenvalue weighted by molar-refractivity contribution is 5.82. The van der Waals surface area contributed by atoms with Crippen molar-refractivity contribution in [3.63, 3.8) is 0 Å². The van der Waals surface area contributed by atoms with Crippen LogP contribution >= 0.6 is 0 Å². The van der Waals surface area contributed by atoms with E-state index in [2.05, 4.69) is 41.4 Å². The fraction of sp³-hybridized carbons (Fsp3) is 0.611. The number of nitrogens with two attached hydrogens (primary N) is 1. The van der Waals surface area contributed by atoms with E-state index in [1.54, 1.807) is 0 Å². The van der Waals surface area contributed by atoms with Crippen LogP contribution in [0.1, 0.15) is 38.7 Å². The number of rotatable bonds is 6. The summed E-state index contributed by atoms with van der Waals surface area (Å²) in [5.74, 6) is 0.227. The Morgan fingerprint density at radius 1 is 1.41 bits per heavy atom. The van der Waals surface area contributed by atoms with Crippen molar-refractivity contribution in [2.24, 2.45) is 11.7 Å². The lowest BCUT2D eigenvalue weighted by Crippen LogP contribution is -2.53. The highest BCUT2D eigenvalue weighted by Crippen LogP contribution is 2.14. The first kappa shape index (κ1) is 17.0. The predicted molar refractivity (Wildman–Crippen MR) is 90.3 cm³/mol. The summed E-state index contributed by atoms with van der Waals surface area (Å²) in [5, 5.41) is 3.14. The van der Waals surface area contributed by atoms with Crippen molar-refractivity contribution in [3.05, 3.63) is 35.9 Å². The second-order valence-electron chi connectivity index (χ2n) is 6.48. The zero-order valence-corrected chi connectivity index (χ0v) is 13.8. The smallest absolute Gasteiger partial charge is 0.237 e. The first-order chi connectivity index (χ1) is 10.6. The third-order valence-corrected chi connectivity index (χ3v) is 4.66. The molecule has 1 aromatic carbocycles. The summed E-state index contributed by atoms with van der Waals surface area (Å²) in [6.07, 6.45) is 3.10. The van der Waals surface area contributed by atoms with Crippen LogP contribution in [-0.2, 0) is 11.3 Å². The topological polar surface area (TPSA) is 58.4 Å². The normalized spacial score (nSPS) is 22.0. The highest BCUT2D eigenvalue weighted by Gasteiger charge is 2.25. The molecule has 1 aliphatic rings. The van der Waals surface area contributed by atoms with E-state index in [9.17, 15) is 4.79 Å². The highest BCUT2D eigenvalue weighted by atomic mass is 16.2. The number of likely N-dealkylation sites (tertiary alicyclic amines) is 1. The Morgan fingerprint density at radius 2 is 2.14 bits per heavy atom. The van der Waals surface area contributed by atoms with Gasteiger partial charge in [-0.3, -0.25) is 9.69 Å². The monoisotopic (exact) mass is 303 g/mol. The Kier molecular flexibility index (Phi) is 6.40. The van der Waals surface area contributed by atoms with E-state index >= 15 is 0 Å². The maximum atomic E-state index is 12.2. The Morgan fingerprint density at radius 3 is 2.82 bits per heavy atom. The van der Waals surface area contributed by atoms with Gasteiger partial charge in [-0.2, -0.15) is 0 Å². The van der Waals surface area contributed by atoms with Gasteiger partial charge < -0.3 is 11.1 Å². The van der Waals surface area contributed by atoms with E-state index in [-0.39, 0.29) is 17.9 Å². The van der Waals surface area contributed by atoms with E-state index in [1.165, 1.54) is 5.56 Å². The number of carbonyl (C=O) groups excluding carboxylic acids is 1. The first-order valence-electron chi connectivity index (χ1n) is 8.42. The molecular formula is C18H29N3O. The third-order valence-electron chi connectivity index (χ3n) is 4.66. The minimum atomic E-state index is -0.394. The van der Waals surface area contributed by atoms with Crippen LogP contribution in [0.15, 0.2) is 30.3 Å². The number of hydrogen-bond acceptors (Lipinski definition) is 3. The summed E-state index contributed by atoms with van der Waals surface area (Å²) in [7, 11) is 0. The van der Waals surface area contributed by atoms with Gasteiger partial charge >= 0.3 is 0 Å². The fourth-order valence-corrected chi connectivity index (χ4v) is 2.97. The molecule has 1 heterocycles. The predicted octanol–water partition coefficient (Wildman–Crippen LogP) is 2.14. The molecule has 0 radical (unpaired) electrons. The molecule has 3 N–H and O–H groups in total. The maximum absolute atomic E-state index is 12.2. The molecule has 0 saturated carbocycles. The van der Waals surface area contributed by atoms with Gasteiger partial charge in [-0.05, 0) is 30.9 Å². The van der Waals surface area contributed by atoms with Crippen LogP contribution in [0.25, 0.3) is 0 Å². The molecular weight excluding hydrogens is 274 g/mol. The van der Waals surface area contributed by atoms with Crippen molar-refractivity contribution in [2.45, 2.75) is 51.7 Å². The van der Waals surface area contributed by atoms with E-state index in [0.717, 1.165) is 38.9 Å². The average molecular weight is 303 g/mol. The number of amides is 1. The molecule has 1 aliphatic heterocycles. The zero-order chi connectivity index (χ0) is 15.9. The van der Waals surface area contributed by atoms with E-state index in [1.807, 2.05) is 13.0 Å². The number of hydrogen-bond donors (Lipinski definition) is 2. The molecule has 1 fully saturated rings. The van der Waals surface area contributed by atoms with E-state index in [4.69, 9.17) is 5.73 Å². The molecule has 0 bridgehead atoms. The summed E-state index contributed by atoms with van der Waals surface area (Å²) in [5.41, 5.74) is 7.35. The average Bonchev–Trinajstić information content (AvgIpc) is 2.54. The van der Waals surface area contributed by atoms with Crippen molar-refractivity contribution in [2.75, 3.05) is 13.1 Å². The molecule has 122 valence electrons. The lowest BCUT2D eigenvalue weighted by molar-refractivity contribution is -0.124. The van der Waals surface area contributed by atoms with Crippen LogP contribution in [0, 0.1) is 5.92 Å². The van der Waals surface area contributed by atoms with Gasteiger partial charge in [-0.25, -0.2) is 0 Å². The number of benzene rings is 1. The molecule has 4 heteroatoms. The Labute approximate surface area is 134 Å². The quantitative estimate of drug-likeness (QED) is 0.846. The van der Waals surface area contributed by atoms with Crippen molar-refractivity contribution in [1.82, 2.24) is 10.2 Å². The Hall–Kier alpha value is -1.39. The van der Waals surface area contributed by atoms with Crippen molar-refractivity contribution in [1.29, 1.82) is 0 Å². The van der Waals surface area contributed by atoms with Crippen molar-refractivity contribution in [3.8, 4) is 0 Å². The summed E-state index contributed by atoms with van der Waals surface area (Å²) in [6, 6.07) is 10.3. The largest absolute Gasteiger partial charge is 0.351 e. The molecule has 4 nitrogen and oxygen atoms in total. The molecule has 0 aromatic heterocycles. The van der Waals surface area contributed by atoms with E-state index < -0.39 is 6.04 Å². The van der Waals surface area contributed by atoms with Crippen LogP contribution in [0.5, 0.6) is 0 Å². The van der Waals surface area contributed by atoms with Gasteiger partial charge in [0.25, 0.3) is 0 Å². The Bertz CT molecular complexity index is 463. The van der Waals surface area contributed by atoms with Crippen molar-refractivity contribution >= 4 is 5.91 Å². The molecule has 3 atom stereocenters. The molecule has 1 saturated heterocycles. The van der Waals surface area contributed by atoms with Gasteiger partial charge in [0.1, 0.15) is 0 Å². The van der Waals surface area contributed by atoms with Crippen LogP contribution in [0.2, 0.25) is 0 Å². The number of carbonyl (C=O) groups is 1. The van der Waals surface area contributed by atoms with Crippen molar-refractivity contribution < 1.29 is 4.79 Å². The second-order valence-corrected chi connectivity index (χ2v) is 6.48. The van der Waals surface area contributed by atoms with Gasteiger partial charge in [0.15, 0.2) is 0 Å². The summed E-state index contributed by atoms with van der Waals surface area (Å²) in [6.45, 7) is 7.06. The van der Waals surface area contributed by atoms with Crippen LogP contribution in [0.3, 0.4) is 0 Å². The number of piperidine rings is 1. The number of nitrogens with zero attached hydrogens (tertiary/aromatic N) is 1. The summed E-state index contributed by atoms with van der Waals surface area (Å²) >= 11 is 0. The maximum Gasteiger partial charge on any atom is 0.237 e. The van der Waals surface area contributed by atoms with E-state index in [0.29, 0.717) is 0 Å².